The minimum absolute atomic E-state index is 0.233. The molecule has 6 nitrogen and oxygen atoms in total. The molecule has 3 aromatic carbocycles. The summed E-state index contributed by atoms with van der Waals surface area (Å²) in [6.45, 7) is -0.360. The Morgan fingerprint density at radius 2 is 1.47 bits per heavy atom. The van der Waals surface area contributed by atoms with E-state index < -0.39 is 5.97 Å². The first-order valence-corrected chi connectivity index (χ1v) is 9.38. The largest absolute Gasteiger partial charge is 0.454 e. The highest BCUT2D eigenvalue weighted by molar-refractivity contribution is 6.05. The quantitative estimate of drug-likeness (QED) is 0.477. The molecule has 0 fully saturated rings. The van der Waals surface area contributed by atoms with Crippen molar-refractivity contribution in [2.45, 2.75) is 0 Å². The number of ketones is 1. The number of Topliss-reactive ketones (excluding diaryl/α,β-unsaturated/α-hetero) is 1. The Morgan fingerprint density at radius 1 is 0.800 bits per heavy atom. The molecule has 0 saturated heterocycles. The lowest BCUT2D eigenvalue weighted by atomic mass is 10.1. The number of nitrogens with zero attached hydrogens (tertiary/aromatic N) is 1. The van der Waals surface area contributed by atoms with E-state index in [0.717, 1.165) is 5.69 Å². The van der Waals surface area contributed by atoms with Gasteiger partial charge in [-0.3, -0.25) is 9.59 Å². The average molecular weight is 402 g/mol. The molecule has 0 unspecified atom stereocenters. The number of esters is 1. The number of carbonyl (C=O) groups excluding carboxylic acids is 3. The molecule has 0 heterocycles. The molecule has 1 amide bonds. The summed E-state index contributed by atoms with van der Waals surface area (Å²) in [5.74, 6) is -1.12. The lowest BCUT2D eigenvalue weighted by Gasteiger charge is -2.13. The van der Waals surface area contributed by atoms with Gasteiger partial charge < -0.3 is 15.0 Å². The van der Waals surface area contributed by atoms with Crippen molar-refractivity contribution in [3.63, 3.8) is 0 Å². The van der Waals surface area contributed by atoms with Gasteiger partial charge in [0, 0.05) is 36.6 Å². The number of carbonyl (C=O) groups is 3. The highest BCUT2D eigenvalue weighted by Crippen LogP contribution is 2.15. The van der Waals surface area contributed by atoms with Crippen LogP contribution in [0, 0.1) is 0 Å². The van der Waals surface area contributed by atoms with Gasteiger partial charge in [-0.25, -0.2) is 4.79 Å². The van der Waals surface area contributed by atoms with Gasteiger partial charge >= 0.3 is 5.97 Å². The highest BCUT2D eigenvalue weighted by atomic mass is 16.5. The molecule has 0 spiro atoms. The van der Waals surface area contributed by atoms with Crippen LogP contribution in [-0.2, 0) is 4.74 Å². The van der Waals surface area contributed by atoms with Crippen LogP contribution < -0.4 is 10.2 Å². The van der Waals surface area contributed by atoms with Gasteiger partial charge in [-0.2, -0.15) is 0 Å². The zero-order valence-corrected chi connectivity index (χ0v) is 16.8. The number of benzene rings is 3. The second-order valence-corrected chi connectivity index (χ2v) is 6.84. The van der Waals surface area contributed by atoms with E-state index in [-0.39, 0.29) is 18.3 Å². The molecular formula is C24H22N2O4. The molecule has 0 aliphatic heterocycles. The minimum Gasteiger partial charge on any atom is -0.454 e. The standard InChI is InChI=1S/C24H22N2O4/c1-26(2)21-10-6-9-19(15-21)24(29)30-16-22(27)17-11-13-20(14-12-17)25-23(28)18-7-4-3-5-8-18/h3-15H,16H2,1-2H3,(H,25,28). The zero-order valence-electron chi connectivity index (χ0n) is 16.8. The molecule has 1 N–H and O–H groups in total. The summed E-state index contributed by atoms with van der Waals surface area (Å²) in [7, 11) is 3.75. The number of rotatable bonds is 7. The van der Waals surface area contributed by atoms with Crippen molar-refractivity contribution in [1.29, 1.82) is 0 Å². The number of nitrogens with one attached hydrogen (secondary N) is 1. The van der Waals surface area contributed by atoms with Crippen LogP contribution in [0.2, 0.25) is 0 Å². The van der Waals surface area contributed by atoms with Gasteiger partial charge in [-0.1, -0.05) is 24.3 Å². The van der Waals surface area contributed by atoms with Crippen molar-refractivity contribution in [3.8, 4) is 0 Å². The third-order valence-electron chi connectivity index (χ3n) is 4.43. The first-order chi connectivity index (χ1) is 14.4. The highest BCUT2D eigenvalue weighted by Gasteiger charge is 2.13. The Labute approximate surface area is 175 Å². The molecule has 0 atom stereocenters. The summed E-state index contributed by atoms with van der Waals surface area (Å²) < 4.78 is 5.15. The molecule has 3 rings (SSSR count). The SMILES string of the molecule is CN(C)c1cccc(C(=O)OCC(=O)c2ccc(NC(=O)c3ccccc3)cc2)c1. The van der Waals surface area contributed by atoms with E-state index in [2.05, 4.69) is 5.32 Å². The fourth-order valence-electron chi connectivity index (χ4n) is 2.74. The maximum Gasteiger partial charge on any atom is 0.338 e. The van der Waals surface area contributed by atoms with Crippen LogP contribution in [0.25, 0.3) is 0 Å². The van der Waals surface area contributed by atoms with Crippen LogP contribution in [0.4, 0.5) is 11.4 Å². The Balaban J connectivity index is 1.56. The van der Waals surface area contributed by atoms with Crippen molar-refractivity contribution < 1.29 is 19.1 Å². The van der Waals surface area contributed by atoms with Gasteiger partial charge in [0.15, 0.2) is 12.4 Å². The molecule has 0 aliphatic rings. The molecule has 30 heavy (non-hydrogen) atoms. The van der Waals surface area contributed by atoms with Crippen LogP contribution in [0.5, 0.6) is 0 Å². The molecule has 6 heteroatoms. The summed E-state index contributed by atoms with van der Waals surface area (Å²) in [5.41, 5.74) is 2.75. The summed E-state index contributed by atoms with van der Waals surface area (Å²) in [4.78, 5) is 38.6. The van der Waals surface area contributed by atoms with E-state index in [1.807, 2.05) is 31.1 Å². The minimum atomic E-state index is -0.557. The van der Waals surface area contributed by atoms with E-state index in [0.29, 0.717) is 22.4 Å². The van der Waals surface area contributed by atoms with E-state index >= 15 is 0 Å². The molecule has 0 aliphatic carbocycles. The smallest absolute Gasteiger partial charge is 0.338 e. The summed E-state index contributed by atoms with van der Waals surface area (Å²) in [6, 6.07) is 22.3. The van der Waals surface area contributed by atoms with E-state index in [9.17, 15) is 14.4 Å². The van der Waals surface area contributed by atoms with E-state index in [1.165, 1.54) is 0 Å². The van der Waals surface area contributed by atoms with Gasteiger partial charge in [0.2, 0.25) is 0 Å². The molecule has 152 valence electrons. The molecule has 3 aromatic rings. The van der Waals surface area contributed by atoms with Gasteiger partial charge in [-0.15, -0.1) is 0 Å². The first kappa shape index (κ1) is 20.8. The zero-order chi connectivity index (χ0) is 21.5. The Bertz CT molecular complexity index is 1040. The predicted octanol–water partition coefficient (Wildman–Crippen LogP) is 4.04. The topological polar surface area (TPSA) is 75.7 Å². The monoisotopic (exact) mass is 402 g/mol. The lowest BCUT2D eigenvalue weighted by molar-refractivity contribution is 0.0475. The van der Waals surface area contributed by atoms with Crippen LogP contribution >= 0.6 is 0 Å². The summed E-state index contributed by atoms with van der Waals surface area (Å²) >= 11 is 0. The molecule has 0 saturated carbocycles. The first-order valence-electron chi connectivity index (χ1n) is 9.38. The van der Waals surface area contributed by atoms with E-state index in [4.69, 9.17) is 4.74 Å². The van der Waals surface area contributed by atoms with Crippen molar-refractivity contribution in [2.24, 2.45) is 0 Å². The van der Waals surface area contributed by atoms with E-state index in [1.54, 1.807) is 66.7 Å². The average Bonchev–Trinajstić information content (AvgIpc) is 2.78. The van der Waals surface area contributed by atoms with Crippen molar-refractivity contribution in [2.75, 3.05) is 30.9 Å². The van der Waals surface area contributed by atoms with Crippen molar-refractivity contribution in [1.82, 2.24) is 0 Å². The maximum absolute atomic E-state index is 12.3. The second-order valence-electron chi connectivity index (χ2n) is 6.84. The van der Waals surface area contributed by atoms with Gasteiger partial charge in [0.05, 0.1) is 5.56 Å². The summed E-state index contributed by atoms with van der Waals surface area (Å²) in [6.07, 6.45) is 0. The second kappa shape index (κ2) is 9.52. The number of hydrogen-bond acceptors (Lipinski definition) is 5. The van der Waals surface area contributed by atoms with Gasteiger partial charge in [0.25, 0.3) is 5.91 Å². The number of anilines is 2. The van der Waals surface area contributed by atoms with Crippen LogP contribution in [0.15, 0.2) is 78.9 Å². The molecular weight excluding hydrogens is 380 g/mol. The molecule has 0 bridgehead atoms. The number of amides is 1. The third-order valence-corrected chi connectivity index (χ3v) is 4.43. The number of hydrogen-bond donors (Lipinski definition) is 1. The Hall–Kier alpha value is -3.93. The van der Waals surface area contributed by atoms with Gasteiger partial charge in [-0.05, 0) is 54.6 Å². The van der Waals surface area contributed by atoms with Crippen LogP contribution in [-0.4, -0.2) is 38.4 Å². The van der Waals surface area contributed by atoms with Crippen LogP contribution in [0.1, 0.15) is 31.1 Å². The third kappa shape index (κ3) is 5.32. The lowest BCUT2D eigenvalue weighted by Crippen LogP contribution is -2.15. The molecule has 0 radical (unpaired) electrons. The Morgan fingerprint density at radius 3 is 2.13 bits per heavy atom. The maximum atomic E-state index is 12.3. The summed E-state index contributed by atoms with van der Waals surface area (Å²) in [5, 5.41) is 2.77. The Kier molecular flexibility index (Phi) is 6.60. The van der Waals surface area contributed by atoms with Crippen LogP contribution in [0.3, 0.4) is 0 Å². The fraction of sp³-hybridized carbons (Fsp3) is 0.125. The van der Waals surface area contributed by atoms with Gasteiger partial charge in [0.1, 0.15) is 0 Å². The number of ether oxygens (including phenoxy) is 1. The predicted molar refractivity (Wildman–Crippen MR) is 116 cm³/mol. The normalized spacial score (nSPS) is 10.2. The van der Waals surface area contributed by atoms with Crippen molar-refractivity contribution >= 4 is 29.0 Å². The molecule has 0 aromatic heterocycles. The van der Waals surface area contributed by atoms with Crippen molar-refractivity contribution in [3.05, 3.63) is 95.6 Å². The fourth-order valence-corrected chi connectivity index (χ4v) is 2.74.